The third-order valence-corrected chi connectivity index (χ3v) is 4.69. The van der Waals surface area contributed by atoms with E-state index in [2.05, 4.69) is 12.1 Å². The first-order chi connectivity index (χ1) is 13.2. The van der Waals surface area contributed by atoms with Gasteiger partial charge in [0, 0.05) is 26.7 Å². The molecule has 0 aliphatic carbocycles. The number of benzene rings is 4. The molecule has 0 aromatic heterocycles. The van der Waals surface area contributed by atoms with Gasteiger partial charge in [-0.1, -0.05) is 108 Å². The van der Waals surface area contributed by atoms with E-state index in [1.54, 1.807) is 12.1 Å². The average molecular weight is 393 g/mol. The van der Waals surface area contributed by atoms with Crippen LogP contribution in [0.5, 0.6) is 5.75 Å². The number of para-hydroxylation sites is 1. The van der Waals surface area contributed by atoms with Gasteiger partial charge in [-0.15, -0.1) is 0 Å². The van der Waals surface area contributed by atoms with Crippen LogP contribution in [-0.2, 0) is 0 Å². The molecule has 134 valence electrons. The van der Waals surface area contributed by atoms with Crippen molar-refractivity contribution in [3.8, 4) is 28.0 Å². The smallest absolute Gasteiger partial charge is 0.123 e. The standard InChI is InChI=1S/C12H9ClO.C12H9Cl/c13-11-7-3-1-5-9(11)10-6-2-4-8-12(10)14;13-12-9-5-4-8-11(12)10-6-2-1-3-7-10/h1-8,14H;1-9H. The highest BCUT2D eigenvalue weighted by molar-refractivity contribution is 6.33. The lowest BCUT2D eigenvalue weighted by Gasteiger charge is -2.05. The van der Waals surface area contributed by atoms with E-state index in [0.29, 0.717) is 5.02 Å². The molecule has 1 nitrogen and oxygen atoms in total. The molecule has 0 unspecified atom stereocenters. The highest BCUT2D eigenvalue weighted by atomic mass is 35.5. The number of hydrogen-bond acceptors (Lipinski definition) is 1. The number of phenolic OH excluding ortho intramolecular Hbond substituents is 1. The summed E-state index contributed by atoms with van der Waals surface area (Å²) in [4.78, 5) is 0. The van der Waals surface area contributed by atoms with Gasteiger partial charge in [0.2, 0.25) is 0 Å². The second-order valence-corrected chi connectivity index (χ2v) is 6.66. The van der Waals surface area contributed by atoms with Crippen molar-refractivity contribution in [1.29, 1.82) is 0 Å². The third-order valence-electron chi connectivity index (χ3n) is 4.03. The molecule has 0 aliphatic heterocycles. The lowest BCUT2D eigenvalue weighted by Crippen LogP contribution is -1.79. The first-order valence-electron chi connectivity index (χ1n) is 8.49. The van der Waals surface area contributed by atoms with Gasteiger partial charge in [0.05, 0.1) is 0 Å². The summed E-state index contributed by atoms with van der Waals surface area (Å²) in [6.07, 6.45) is 0. The first-order valence-corrected chi connectivity index (χ1v) is 9.25. The molecule has 27 heavy (non-hydrogen) atoms. The van der Waals surface area contributed by atoms with Crippen LogP contribution in [0.4, 0.5) is 0 Å². The quantitative estimate of drug-likeness (QED) is 0.370. The number of hydrogen-bond donors (Lipinski definition) is 1. The van der Waals surface area contributed by atoms with Gasteiger partial charge >= 0.3 is 0 Å². The fourth-order valence-electron chi connectivity index (χ4n) is 2.69. The summed E-state index contributed by atoms with van der Waals surface area (Å²) in [7, 11) is 0. The molecule has 3 heteroatoms. The molecule has 0 aliphatic rings. The number of aromatic hydroxyl groups is 1. The second kappa shape index (κ2) is 9.27. The van der Waals surface area contributed by atoms with Crippen LogP contribution in [0, 0.1) is 0 Å². The van der Waals surface area contributed by atoms with Gasteiger partial charge in [0.25, 0.3) is 0 Å². The SMILES string of the molecule is Clc1ccccc1-c1ccccc1.Oc1ccccc1-c1ccccc1Cl. The zero-order valence-electron chi connectivity index (χ0n) is 14.5. The normalized spacial score (nSPS) is 10.0. The molecular weight excluding hydrogens is 375 g/mol. The molecule has 4 aromatic rings. The Balaban J connectivity index is 0.000000156. The van der Waals surface area contributed by atoms with Crippen molar-refractivity contribution in [2.24, 2.45) is 0 Å². The van der Waals surface area contributed by atoms with E-state index in [1.165, 1.54) is 0 Å². The van der Waals surface area contributed by atoms with Gasteiger partial charge < -0.3 is 5.11 Å². The van der Waals surface area contributed by atoms with Crippen molar-refractivity contribution in [2.45, 2.75) is 0 Å². The van der Waals surface area contributed by atoms with Crippen LogP contribution in [0.3, 0.4) is 0 Å². The molecule has 1 N–H and O–H groups in total. The first kappa shape index (κ1) is 19.0. The van der Waals surface area contributed by atoms with Crippen molar-refractivity contribution in [3.05, 3.63) is 113 Å². The van der Waals surface area contributed by atoms with Gasteiger partial charge in [-0.2, -0.15) is 0 Å². The van der Waals surface area contributed by atoms with Crippen LogP contribution in [0.15, 0.2) is 103 Å². The van der Waals surface area contributed by atoms with Crippen LogP contribution < -0.4 is 0 Å². The van der Waals surface area contributed by atoms with Gasteiger partial charge in [-0.3, -0.25) is 0 Å². The molecule has 0 atom stereocenters. The summed E-state index contributed by atoms with van der Waals surface area (Å²) in [5.41, 5.74) is 3.86. The topological polar surface area (TPSA) is 20.2 Å². The van der Waals surface area contributed by atoms with Crippen LogP contribution in [-0.4, -0.2) is 5.11 Å². The summed E-state index contributed by atoms with van der Waals surface area (Å²) < 4.78 is 0. The van der Waals surface area contributed by atoms with Crippen LogP contribution in [0.2, 0.25) is 10.0 Å². The van der Waals surface area contributed by atoms with Crippen molar-refractivity contribution in [2.75, 3.05) is 0 Å². The molecule has 0 radical (unpaired) electrons. The molecule has 4 aromatic carbocycles. The number of rotatable bonds is 2. The lowest BCUT2D eigenvalue weighted by molar-refractivity contribution is 0.477. The van der Waals surface area contributed by atoms with Crippen LogP contribution >= 0.6 is 23.2 Å². The van der Waals surface area contributed by atoms with Crippen LogP contribution in [0.1, 0.15) is 0 Å². The molecule has 0 saturated carbocycles. The zero-order valence-corrected chi connectivity index (χ0v) is 16.0. The molecule has 4 rings (SSSR count). The highest BCUT2D eigenvalue weighted by Crippen LogP contribution is 2.33. The van der Waals surface area contributed by atoms with E-state index in [9.17, 15) is 5.11 Å². The summed E-state index contributed by atoms with van der Waals surface area (Å²) in [5, 5.41) is 11.1. The number of halogens is 2. The Morgan fingerprint density at radius 3 is 1.44 bits per heavy atom. The second-order valence-electron chi connectivity index (χ2n) is 5.84. The largest absolute Gasteiger partial charge is 0.507 e. The van der Waals surface area contributed by atoms with Crippen molar-refractivity contribution >= 4 is 23.2 Å². The monoisotopic (exact) mass is 392 g/mol. The van der Waals surface area contributed by atoms with Gasteiger partial charge in [0.15, 0.2) is 0 Å². The van der Waals surface area contributed by atoms with Crippen molar-refractivity contribution < 1.29 is 5.11 Å². The van der Waals surface area contributed by atoms with E-state index in [0.717, 1.165) is 27.3 Å². The fourth-order valence-corrected chi connectivity index (χ4v) is 3.18. The van der Waals surface area contributed by atoms with E-state index in [-0.39, 0.29) is 5.75 Å². The fraction of sp³-hybridized carbons (Fsp3) is 0. The van der Waals surface area contributed by atoms with Gasteiger partial charge in [-0.05, 0) is 23.8 Å². The summed E-state index contributed by atoms with van der Waals surface area (Å²) >= 11 is 12.1. The van der Waals surface area contributed by atoms with E-state index < -0.39 is 0 Å². The van der Waals surface area contributed by atoms with E-state index in [1.807, 2.05) is 78.9 Å². The number of phenols is 1. The highest BCUT2D eigenvalue weighted by Gasteiger charge is 2.05. The Kier molecular flexibility index (Phi) is 6.54. The Morgan fingerprint density at radius 2 is 0.889 bits per heavy atom. The molecule has 0 fully saturated rings. The average Bonchev–Trinajstić information content (AvgIpc) is 2.71. The predicted octanol–water partition coefficient (Wildman–Crippen LogP) is 7.72. The minimum Gasteiger partial charge on any atom is -0.507 e. The minimum atomic E-state index is 0.251. The molecule has 0 amide bonds. The molecule has 0 bridgehead atoms. The predicted molar refractivity (Wildman–Crippen MR) is 115 cm³/mol. The summed E-state index contributed by atoms with van der Waals surface area (Å²) in [6.45, 7) is 0. The Hall–Kier alpha value is -2.74. The molecule has 0 saturated heterocycles. The minimum absolute atomic E-state index is 0.251. The third kappa shape index (κ3) is 4.91. The Labute approximate surface area is 169 Å². The van der Waals surface area contributed by atoms with Crippen molar-refractivity contribution in [1.82, 2.24) is 0 Å². The zero-order chi connectivity index (χ0) is 19.1. The molecule has 0 spiro atoms. The maximum atomic E-state index is 9.63. The maximum Gasteiger partial charge on any atom is 0.123 e. The van der Waals surface area contributed by atoms with Crippen LogP contribution in [0.25, 0.3) is 22.3 Å². The van der Waals surface area contributed by atoms with E-state index in [4.69, 9.17) is 23.2 Å². The molecular formula is C24H18Cl2O. The summed E-state index contributed by atoms with van der Waals surface area (Å²) in [6, 6.07) is 32.6. The molecule has 0 heterocycles. The summed E-state index contributed by atoms with van der Waals surface area (Å²) in [5.74, 6) is 0.251. The van der Waals surface area contributed by atoms with Gasteiger partial charge in [-0.25, -0.2) is 0 Å². The Morgan fingerprint density at radius 1 is 0.444 bits per heavy atom. The van der Waals surface area contributed by atoms with Crippen molar-refractivity contribution in [3.63, 3.8) is 0 Å². The maximum absolute atomic E-state index is 9.63. The lowest BCUT2D eigenvalue weighted by atomic mass is 10.1. The van der Waals surface area contributed by atoms with E-state index >= 15 is 0 Å². The van der Waals surface area contributed by atoms with Gasteiger partial charge in [0.1, 0.15) is 5.75 Å². The Bertz CT molecular complexity index is 970.